The van der Waals surface area contributed by atoms with Gasteiger partial charge in [-0.2, -0.15) is 0 Å². The zero-order valence-corrected chi connectivity index (χ0v) is 10.2. The van der Waals surface area contributed by atoms with Crippen LogP contribution in [-0.2, 0) is 4.74 Å². The molecule has 0 spiro atoms. The lowest BCUT2D eigenvalue weighted by Crippen LogP contribution is -2.45. The van der Waals surface area contributed by atoms with E-state index in [1.165, 1.54) is 32.1 Å². The van der Waals surface area contributed by atoms with E-state index in [2.05, 4.69) is 11.9 Å². The maximum absolute atomic E-state index is 9.83. The maximum atomic E-state index is 9.83. The topological polar surface area (TPSA) is 32.7 Å². The summed E-state index contributed by atoms with van der Waals surface area (Å²) in [6.07, 6.45) is 6.85. The molecule has 2 bridgehead atoms. The number of ether oxygens (including phenoxy) is 1. The van der Waals surface area contributed by atoms with Gasteiger partial charge < -0.3 is 9.84 Å². The normalized spacial score (nSPS) is 47.1. The van der Waals surface area contributed by atoms with E-state index < -0.39 is 0 Å². The summed E-state index contributed by atoms with van der Waals surface area (Å²) in [5, 5.41) is 9.83. The van der Waals surface area contributed by atoms with Crippen LogP contribution in [0.1, 0.15) is 32.1 Å². The van der Waals surface area contributed by atoms with E-state index in [9.17, 15) is 5.11 Å². The molecule has 3 heteroatoms. The first-order valence-electron chi connectivity index (χ1n) is 6.65. The van der Waals surface area contributed by atoms with Crippen LogP contribution < -0.4 is 0 Å². The van der Waals surface area contributed by atoms with Crippen LogP contribution in [0.4, 0.5) is 0 Å². The molecule has 3 fully saturated rings. The Hall–Kier alpha value is -0.120. The van der Waals surface area contributed by atoms with Gasteiger partial charge in [-0.1, -0.05) is 0 Å². The summed E-state index contributed by atoms with van der Waals surface area (Å²) in [6, 6.07) is 0.231. The Kier molecular flexibility index (Phi) is 2.73. The van der Waals surface area contributed by atoms with Crippen molar-refractivity contribution in [3.05, 3.63) is 0 Å². The lowest BCUT2D eigenvalue weighted by atomic mass is 9.83. The van der Waals surface area contributed by atoms with Gasteiger partial charge in [0.25, 0.3) is 0 Å². The number of hydrogen-bond donors (Lipinski definition) is 1. The lowest BCUT2D eigenvalue weighted by Gasteiger charge is -2.35. The van der Waals surface area contributed by atoms with Crippen molar-refractivity contribution in [3.63, 3.8) is 0 Å². The molecule has 3 aliphatic rings. The first kappa shape index (κ1) is 11.0. The zero-order valence-electron chi connectivity index (χ0n) is 10.2. The minimum absolute atomic E-state index is 0.231. The molecule has 2 atom stereocenters. The summed E-state index contributed by atoms with van der Waals surface area (Å²) < 4.78 is 5.34. The van der Waals surface area contributed by atoms with E-state index in [1.807, 2.05) is 0 Å². The van der Waals surface area contributed by atoms with Crippen LogP contribution in [0.25, 0.3) is 0 Å². The highest BCUT2D eigenvalue weighted by Gasteiger charge is 2.46. The highest BCUT2D eigenvalue weighted by molar-refractivity contribution is 4.98. The van der Waals surface area contributed by atoms with Gasteiger partial charge in [0.2, 0.25) is 0 Å². The number of aliphatic hydroxyl groups excluding tert-OH is 1. The van der Waals surface area contributed by atoms with E-state index in [-0.39, 0.29) is 12.1 Å². The summed E-state index contributed by atoms with van der Waals surface area (Å²) in [6.45, 7) is 2.39. The minimum atomic E-state index is -0.278. The van der Waals surface area contributed by atoms with Gasteiger partial charge in [0.1, 0.15) is 0 Å². The largest absolute Gasteiger partial charge is 0.389 e. The third-order valence-electron chi connectivity index (χ3n) is 5.06. The Morgan fingerprint density at radius 2 is 2.06 bits per heavy atom. The SMILES string of the molecule is CN(CC12CCC(CC1)C2)[C@@H]1COC[C@H]1O. The van der Waals surface area contributed by atoms with Gasteiger partial charge in [-0.3, -0.25) is 4.90 Å². The number of hydrogen-bond acceptors (Lipinski definition) is 3. The number of likely N-dealkylation sites (N-methyl/N-ethyl adjacent to an activating group) is 1. The standard InChI is InChI=1S/C13H23NO2/c1-14(11-7-16-8-12(11)15)9-13-4-2-10(6-13)3-5-13/h10-12,15H,2-9H2,1H3/t10?,11-,12-,13?/m1/s1. The number of aliphatic hydroxyl groups is 1. The molecular formula is C13H23NO2. The van der Waals surface area contributed by atoms with Gasteiger partial charge in [0.15, 0.2) is 0 Å². The number of fused-ring (bicyclic) bond motifs is 2. The monoisotopic (exact) mass is 225 g/mol. The van der Waals surface area contributed by atoms with Crippen LogP contribution >= 0.6 is 0 Å². The van der Waals surface area contributed by atoms with Crippen LogP contribution in [0, 0.1) is 11.3 Å². The quantitative estimate of drug-likeness (QED) is 0.785. The highest BCUT2D eigenvalue weighted by Crippen LogP contribution is 2.54. The van der Waals surface area contributed by atoms with Gasteiger partial charge in [-0.15, -0.1) is 0 Å². The van der Waals surface area contributed by atoms with Gasteiger partial charge in [0, 0.05) is 6.54 Å². The van der Waals surface area contributed by atoms with Crippen molar-refractivity contribution in [1.29, 1.82) is 0 Å². The van der Waals surface area contributed by atoms with Gasteiger partial charge in [0.05, 0.1) is 25.4 Å². The van der Waals surface area contributed by atoms with Gasteiger partial charge in [-0.25, -0.2) is 0 Å². The lowest BCUT2D eigenvalue weighted by molar-refractivity contribution is 0.0684. The smallest absolute Gasteiger partial charge is 0.0950 e. The van der Waals surface area contributed by atoms with Crippen molar-refractivity contribution in [3.8, 4) is 0 Å². The van der Waals surface area contributed by atoms with Crippen LogP contribution in [0.5, 0.6) is 0 Å². The third-order valence-corrected chi connectivity index (χ3v) is 5.06. The minimum Gasteiger partial charge on any atom is -0.389 e. The average Bonchev–Trinajstić information content (AvgIpc) is 2.92. The second-order valence-electron chi connectivity index (χ2n) is 6.23. The molecule has 1 saturated heterocycles. The van der Waals surface area contributed by atoms with E-state index in [0.29, 0.717) is 18.6 Å². The molecule has 0 aromatic rings. The molecule has 1 N–H and O–H groups in total. The predicted octanol–water partition coefficient (Wildman–Crippen LogP) is 1.26. The van der Waals surface area contributed by atoms with Crippen molar-refractivity contribution >= 4 is 0 Å². The molecule has 0 aromatic heterocycles. The molecule has 1 heterocycles. The van der Waals surface area contributed by atoms with Crippen LogP contribution in [0.2, 0.25) is 0 Å². The van der Waals surface area contributed by atoms with E-state index in [4.69, 9.17) is 4.74 Å². The Morgan fingerprint density at radius 3 is 2.56 bits per heavy atom. The summed E-state index contributed by atoms with van der Waals surface area (Å²) >= 11 is 0. The molecular weight excluding hydrogens is 202 g/mol. The molecule has 3 rings (SSSR count). The Bertz CT molecular complexity index is 261. The molecule has 0 aromatic carbocycles. The molecule has 3 nitrogen and oxygen atoms in total. The fraction of sp³-hybridized carbons (Fsp3) is 1.00. The van der Waals surface area contributed by atoms with Crippen molar-refractivity contribution in [1.82, 2.24) is 4.90 Å². The molecule has 0 radical (unpaired) electrons. The van der Waals surface area contributed by atoms with E-state index in [0.717, 1.165) is 12.5 Å². The first-order chi connectivity index (χ1) is 7.69. The van der Waals surface area contributed by atoms with Crippen LogP contribution in [-0.4, -0.2) is 49.0 Å². The van der Waals surface area contributed by atoms with Gasteiger partial charge >= 0.3 is 0 Å². The Labute approximate surface area is 97.8 Å². The molecule has 2 aliphatic carbocycles. The molecule has 1 aliphatic heterocycles. The van der Waals surface area contributed by atoms with Crippen molar-refractivity contribution in [2.75, 3.05) is 26.8 Å². The number of nitrogens with zero attached hydrogens (tertiary/aromatic N) is 1. The summed E-state index contributed by atoms with van der Waals surface area (Å²) in [7, 11) is 2.16. The average molecular weight is 225 g/mol. The third kappa shape index (κ3) is 1.79. The van der Waals surface area contributed by atoms with Crippen molar-refractivity contribution < 1.29 is 9.84 Å². The molecule has 0 unspecified atom stereocenters. The first-order valence-corrected chi connectivity index (χ1v) is 6.65. The molecule has 2 saturated carbocycles. The summed E-state index contributed by atoms with van der Waals surface area (Å²) in [5.74, 6) is 1.01. The molecule has 0 amide bonds. The predicted molar refractivity (Wildman–Crippen MR) is 62.3 cm³/mol. The van der Waals surface area contributed by atoms with Gasteiger partial charge in [-0.05, 0) is 50.5 Å². The van der Waals surface area contributed by atoms with E-state index in [1.54, 1.807) is 0 Å². The fourth-order valence-electron chi connectivity index (χ4n) is 4.13. The van der Waals surface area contributed by atoms with E-state index >= 15 is 0 Å². The maximum Gasteiger partial charge on any atom is 0.0950 e. The number of rotatable bonds is 3. The summed E-state index contributed by atoms with van der Waals surface area (Å²) in [4.78, 5) is 2.35. The van der Waals surface area contributed by atoms with Crippen LogP contribution in [0.15, 0.2) is 0 Å². The molecule has 16 heavy (non-hydrogen) atoms. The Balaban J connectivity index is 1.61. The zero-order chi connectivity index (χ0) is 11.2. The summed E-state index contributed by atoms with van der Waals surface area (Å²) in [5.41, 5.74) is 0.585. The second-order valence-corrected chi connectivity index (χ2v) is 6.23. The Morgan fingerprint density at radius 1 is 1.31 bits per heavy atom. The fourth-order valence-corrected chi connectivity index (χ4v) is 4.13. The highest BCUT2D eigenvalue weighted by atomic mass is 16.5. The van der Waals surface area contributed by atoms with Crippen molar-refractivity contribution in [2.45, 2.75) is 44.2 Å². The molecule has 92 valence electrons. The second kappa shape index (κ2) is 3.97. The van der Waals surface area contributed by atoms with Crippen molar-refractivity contribution in [2.24, 2.45) is 11.3 Å². The van der Waals surface area contributed by atoms with Crippen LogP contribution in [0.3, 0.4) is 0 Å².